The van der Waals surface area contributed by atoms with Gasteiger partial charge in [0.15, 0.2) is 5.13 Å². The lowest BCUT2D eigenvalue weighted by Crippen LogP contribution is -2.51. The van der Waals surface area contributed by atoms with Crippen molar-refractivity contribution in [2.24, 2.45) is 11.7 Å². The number of piperidine rings is 1. The number of hydrogen-bond acceptors (Lipinski definition) is 6. The molecule has 28 heavy (non-hydrogen) atoms. The molecule has 2 aliphatic rings. The average Bonchev–Trinajstić information content (AvgIpc) is 3.41. The summed E-state index contributed by atoms with van der Waals surface area (Å²) in [7, 11) is 5.40. The lowest BCUT2D eigenvalue weighted by Gasteiger charge is -2.33. The molecule has 2 amide bonds. The van der Waals surface area contributed by atoms with Crippen LogP contribution in [0.4, 0.5) is 5.13 Å². The first-order valence-corrected chi connectivity index (χ1v) is 10.2. The molecule has 1 saturated carbocycles. The van der Waals surface area contributed by atoms with Gasteiger partial charge in [-0.05, 0) is 42.9 Å². The van der Waals surface area contributed by atoms with Crippen LogP contribution in [0.15, 0.2) is 24.3 Å². The number of aromatic nitrogens is 1. The van der Waals surface area contributed by atoms with Crippen LogP contribution in [0.5, 0.6) is 5.75 Å². The third kappa shape index (κ3) is 3.01. The van der Waals surface area contributed by atoms with Crippen LogP contribution >= 0.6 is 11.3 Å². The number of carbonyl (C=O) groups is 2. The van der Waals surface area contributed by atoms with Gasteiger partial charge in [-0.25, -0.2) is 4.98 Å². The molecule has 2 N–H and O–H groups in total. The Hall–Kier alpha value is -2.61. The number of fused-ring (bicyclic) bond motifs is 2. The molecule has 7 nitrogen and oxygen atoms in total. The summed E-state index contributed by atoms with van der Waals surface area (Å²) in [5.74, 6) is 0.245. The largest absolute Gasteiger partial charge is 0.497 e. The van der Waals surface area contributed by atoms with E-state index < -0.39 is 11.9 Å². The quantitative estimate of drug-likeness (QED) is 0.832. The second-order valence-corrected chi connectivity index (χ2v) is 8.56. The first-order chi connectivity index (χ1) is 13.4. The lowest BCUT2D eigenvalue weighted by molar-refractivity contribution is -0.123. The maximum Gasteiger partial charge on any atom is 0.275 e. The number of primary amides is 1. The number of benzene rings is 1. The molecule has 1 aromatic carbocycles. The monoisotopic (exact) mass is 400 g/mol. The summed E-state index contributed by atoms with van der Waals surface area (Å²) in [5.41, 5.74) is 6.90. The second kappa shape index (κ2) is 7.09. The van der Waals surface area contributed by atoms with Gasteiger partial charge in [0.25, 0.3) is 5.91 Å². The van der Waals surface area contributed by atoms with Gasteiger partial charge in [0.2, 0.25) is 5.91 Å². The van der Waals surface area contributed by atoms with Crippen molar-refractivity contribution in [1.82, 2.24) is 9.88 Å². The minimum atomic E-state index is -0.533. The maximum atomic E-state index is 13.5. The smallest absolute Gasteiger partial charge is 0.275 e. The van der Waals surface area contributed by atoms with Gasteiger partial charge in [0.05, 0.1) is 12.0 Å². The Kier molecular flexibility index (Phi) is 4.74. The van der Waals surface area contributed by atoms with Gasteiger partial charge in [-0.1, -0.05) is 23.5 Å². The number of anilines is 1. The zero-order chi connectivity index (χ0) is 20.0. The number of amides is 2. The molecular weight excluding hydrogens is 376 g/mol. The molecule has 148 valence electrons. The minimum absolute atomic E-state index is 0.0673. The van der Waals surface area contributed by atoms with Crippen LogP contribution in [0, 0.1) is 5.92 Å². The number of ether oxygens (including phenoxy) is 1. The van der Waals surface area contributed by atoms with Crippen molar-refractivity contribution in [2.75, 3.05) is 26.1 Å². The molecule has 0 unspecified atom stereocenters. The van der Waals surface area contributed by atoms with Gasteiger partial charge >= 0.3 is 0 Å². The number of hydrogen-bond donors (Lipinski definition) is 1. The van der Waals surface area contributed by atoms with Crippen LogP contribution in [0.1, 0.15) is 29.8 Å². The number of nitrogens with zero attached hydrogens (tertiary/aromatic N) is 3. The predicted octanol–water partition coefficient (Wildman–Crippen LogP) is 2.36. The van der Waals surface area contributed by atoms with E-state index >= 15 is 0 Å². The molecule has 1 saturated heterocycles. The first-order valence-electron chi connectivity index (χ1n) is 9.35. The number of thiazole rings is 1. The number of carbonyl (C=O) groups excluding carboxylic acids is 2. The average molecular weight is 401 g/mol. The fourth-order valence-corrected chi connectivity index (χ4v) is 5.35. The van der Waals surface area contributed by atoms with Crippen LogP contribution in [0.25, 0.3) is 10.4 Å². The highest BCUT2D eigenvalue weighted by atomic mass is 32.1. The summed E-state index contributed by atoms with van der Waals surface area (Å²) in [6, 6.07) is 7.12. The zero-order valence-electron chi connectivity index (χ0n) is 16.2. The molecule has 3 atom stereocenters. The fourth-order valence-electron chi connectivity index (χ4n) is 4.37. The van der Waals surface area contributed by atoms with Crippen LogP contribution in [0.3, 0.4) is 0 Å². The molecule has 0 radical (unpaired) electrons. The molecule has 2 bridgehead atoms. The maximum absolute atomic E-state index is 13.5. The van der Waals surface area contributed by atoms with Crippen molar-refractivity contribution in [3.05, 3.63) is 30.0 Å². The summed E-state index contributed by atoms with van der Waals surface area (Å²) in [5, 5.41) is 0.737. The topological polar surface area (TPSA) is 88.8 Å². The summed E-state index contributed by atoms with van der Waals surface area (Å²) in [6.45, 7) is 0. The van der Waals surface area contributed by atoms with Gasteiger partial charge in [0.1, 0.15) is 17.5 Å². The Morgan fingerprint density at radius 1 is 1.32 bits per heavy atom. The predicted molar refractivity (Wildman–Crippen MR) is 109 cm³/mol. The van der Waals surface area contributed by atoms with E-state index in [2.05, 4.69) is 4.98 Å². The Bertz CT molecular complexity index is 926. The number of rotatable bonds is 5. The van der Waals surface area contributed by atoms with E-state index in [9.17, 15) is 9.59 Å². The minimum Gasteiger partial charge on any atom is -0.497 e. The van der Waals surface area contributed by atoms with Crippen LogP contribution < -0.4 is 15.4 Å². The number of likely N-dealkylation sites (tertiary alicyclic amines) is 1. The molecule has 2 fully saturated rings. The molecule has 1 aliphatic heterocycles. The van der Waals surface area contributed by atoms with E-state index in [1.165, 1.54) is 11.3 Å². The van der Waals surface area contributed by atoms with E-state index in [0.717, 1.165) is 34.8 Å². The van der Waals surface area contributed by atoms with Gasteiger partial charge in [-0.2, -0.15) is 0 Å². The Labute approximate surface area is 168 Å². The number of nitrogens with two attached hydrogens (primary N) is 1. The van der Waals surface area contributed by atoms with E-state index in [1.54, 1.807) is 12.0 Å². The van der Waals surface area contributed by atoms with Crippen LogP contribution in [-0.4, -0.2) is 55.0 Å². The third-order valence-corrected chi connectivity index (χ3v) is 6.92. The molecule has 8 heteroatoms. The Balaban J connectivity index is 1.78. The molecule has 2 aromatic rings. The van der Waals surface area contributed by atoms with Gasteiger partial charge in [0, 0.05) is 20.1 Å². The van der Waals surface area contributed by atoms with E-state index in [-0.39, 0.29) is 17.9 Å². The number of methoxy groups -OCH3 is 1. The molecular formula is C20H24N4O3S. The third-order valence-electron chi connectivity index (χ3n) is 5.64. The van der Waals surface area contributed by atoms with Crippen molar-refractivity contribution in [3.63, 3.8) is 0 Å². The highest BCUT2D eigenvalue weighted by molar-refractivity contribution is 7.19. The van der Waals surface area contributed by atoms with Gasteiger partial charge in [-0.15, -0.1) is 0 Å². The molecule has 1 aliphatic carbocycles. The van der Waals surface area contributed by atoms with Crippen molar-refractivity contribution in [3.8, 4) is 16.2 Å². The lowest BCUT2D eigenvalue weighted by atomic mass is 9.97. The van der Waals surface area contributed by atoms with Crippen LogP contribution in [-0.2, 0) is 4.79 Å². The summed E-state index contributed by atoms with van der Waals surface area (Å²) < 4.78 is 5.34. The Morgan fingerprint density at radius 2 is 2.11 bits per heavy atom. The van der Waals surface area contributed by atoms with Crippen molar-refractivity contribution >= 4 is 28.3 Å². The van der Waals surface area contributed by atoms with Crippen molar-refractivity contribution in [1.29, 1.82) is 0 Å². The highest BCUT2D eigenvalue weighted by Gasteiger charge is 2.51. The summed E-state index contributed by atoms with van der Waals surface area (Å²) in [4.78, 5) is 34.6. The SMILES string of the molecule is COc1cccc(-c2sc(N(C)C)nc2C(=O)N2[C@@H]3CC[C@@H](C3)[C@H]2C(N)=O)c1. The van der Waals surface area contributed by atoms with Gasteiger partial charge < -0.3 is 20.3 Å². The second-order valence-electron chi connectivity index (χ2n) is 7.59. The summed E-state index contributed by atoms with van der Waals surface area (Å²) in [6.07, 6.45) is 2.71. The fraction of sp³-hybridized carbons (Fsp3) is 0.450. The highest BCUT2D eigenvalue weighted by Crippen LogP contribution is 2.44. The Morgan fingerprint density at radius 3 is 2.79 bits per heavy atom. The molecule has 1 aromatic heterocycles. The van der Waals surface area contributed by atoms with Crippen LogP contribution in [0.2, 0.25) is 0 Å². The molecule has 0 spiro atoms. The normalized spacial score (nSPS) is 23.1. The standard InChI is InChI=1S/C20H24N4O3S/c1-23(2)20-22-15(17(28-20)12-5-4-6-14(10-12)27-3)19(26)24-13-8-7-11(9-13)16(24)18(21)25/h4-6,10-11,13,16H,7-9H2,1-3H3,(H2,21,25)/t11-,13+,16-/m0/s1. The van der Waals surface area contributed by atoms with Crippen molar-refractivity contribution in [2.45, 2.75) is 31.3 Å². The zero-order valence-corrected chi connectivity index (χ0v) is 17.0. The first kappa shape index (κ1) is 18.7. The van der Waals surface area contributed by atoms with Crippen molar-refractivity contribution < 1.29 is 14.3 Å². The molecule has 4 rings (SSSR count). The van der Waals surface area contributed by atoms with E-state index in [0.29, 0.717) is 11.4 Å². The van der Waals surface area contributed by atoms with E-state index in [1.807, 2.05) is 43.3 Å². The summed E-state index contributed by atoms with van der Waals surface area (Å²) >= 11 is 1.45. The molecule has 2 heterocycles. The van der Waals surface area contributed by atoms with E-state index in [4.69, 9.17) is 10.5 Å². The van der Waals surface area contributed by atoms with Gasteiger partial charge in [-0.3, -0.25) is 9.59 Å².